The Hall–Kier alpha value is -0.900. The number of aryl methyl sites for hydroxylation is 1. The van der Waals surface area contributed by atoms with Crippen LogP contribution in [0.5, 0.6) is 0 Å². The number of nitrogens with one attached hydrogen (secondary N) is 1. The summed E-state index contributed by atoms with van der Waals surface area (Å²) in [6.07, 6.45) is 12.5. The van der Waals surface area contributed by atoms with Crippen molar-refractivity contribution in [1.82, 2.24) is 20.1 Å². The third-order valence-corrected chi connectivity index (χ3v) is 5.10. The van der Waals surface area contributed by atoms with Crippen LogP contribution in [0, 0.1) is 11.8 Å². The molecule has 0 amide bonds. The summed E-state index contributed by atoms with van der Waals surface area (Å²) < 4.78 is 1.91. The lowest BCUT2D eigenvalue weighted by molar-refractivity contribution is 0.210. The molecule has 21 heavy (non-hydrogen) atoms. The monoisotopic (exact) mass is 292 g/mol. The Bertz CT molecular complexity index is 393. The zero-order valence-electron chi connectivity index (χ0n) is 14.0. The predicted molar refractivity (Wildman–Crippen MR) is 87.1 cm³/mol. The van der Waals surface area contributed by atoms with Gasteiger partial charge in [-0.15, -0.1) is 0 Å². The maximum Gasteiger partial charge on any atom is 0.138 e. The van der Waals surface area contributed by atoms with E-state index in [2.05, 4.69) is 29.2 Å². The molecule has 1 saturated carbocycles. The van der Waals surface area contributed by atoms with Crippen molar-refractivity contribution in [2.45, 2.75) is 71.3 Å². The number of aromatic nitrogens is 3. The molecule has 0 bridgehead atoms. The van der Waals surface area contributed by atoms with Gasteiger partial charge >= 0.3 is 0 Å². The molecule has 1 aliphatic carbocycles. The Morgan fingerprint density at radius 1 is 1.29 bits per heavy atom. The highest BCUT2D eigenvalue weighted by Gasteiger charge is 2.27. The summed E-state index contributed by atoms with van der Waals surface area (Å²) in [5.41, 5.74) is 0. The molecule has 1 aliphatic rings. The number of rotatable bonds is 8. The van der Waals surface area contributed by atoms with E-state index < -0.39 is 0 Å². The molecule has 1 unspecified atom stereocenters. The SMILES string of the molecule is CCCCC1CCC(C(Cc2ncnn2C)NCC)CC1. The van der Waals surface area contributed by atoms with Crippen LogP contribution in [-0.2, 0) is 13.5 Å². The van der Waals surface area contributed by atoms with Gasteiger partial charge in [0.2, 0.25) is 0 Å². The lowest BCUT2D eigenvalue weighted by Gasteiger charge is -2.34. The van der Waals surface area contributed by atoms with E-state index >= 15 is 0 Å². The Morgan fingerprint density at radius 2 is 2.05 bits per heavy atom. The van der Waals surface area contributed by atoms with Crippen molar-refractivity contribution in [3.63, 3.8) is 0 Å². The van der Waals surface area contributed by atoms with Gasteiger partial charge in [0.15, 0.2) is 0 Å². The predicted octanol–water partition coefficient (Wildman–Crippen LogP) is 3.33. The van der Waals surface area contributed by atoms with Crippen molar-refractivity contribution < 1.29 is 0 Å². The van der Waals surface area contributed by atoms with Gasteiger partial charge in [-0.05, 0) is 31.2 Å². The normalized spacial score (nSPS) is 24.1. The molecule has 1 aromatic heterocycles. The minimum absolute atomic E-state index is 0.560. The summed E-state index contributed by atoms with van der Waals surface area (Å²) in [7, 11) is 1.99. The van der Waals surface area contributed by atoms with Gasteiger partial charge in [-0.25, -0.2) is 4.98 Å². The van der Waals surface area contributed by atoms with Crippen LogP contribution < -0.4 is 5.32 Å². The zero-order chi connectivity index (χ0) is 15.1. The van der Waals surface area contributed by atoms with Crippen molar-refractivity contribution in [2.24, 2.45) is 18.9 Å². The second kappa shape index (κ2) is 8.52. The average molecular weight is 292 g/mol. The molecule has 4 heteroatoms. The second-order valence-electron chi connectivity index (χ2n) is 6.59. The molecular weight excluding hydrogens is 260 g/mol. The van der Waals surface area contributed by atoms with E-state index in [-0.39, 0.29) is 0 Å². The number of nitrogens with zero attached hydrogens (tertiary/aromatic N) is 3. The van der Waals surface area contributed by atoms with Gasteiger partial charge in [-0.3, -0.25) is 4.68 Å². The first kappa shape index (κ1) is 16.5. The second-order valence-corrected chi connectivity index (χ2v) is 6.59. The average Bonchev–Trinajstić information content (AvgIpc) is 2.90. The minimum atomic E-state index is 0.560. The van der Waals surface area contributed by atoms with Crippen LogP contribution in [0.15, 0.2) is 6.33 Å². The van der Waals surface area contributed by atoms with Gasteiger partial charge in [0.05, 0.1) is 0 Å². The molecule has 0 spiro atoms. The van der Waals surface area contributed by atoms with E-state index in [0.29, 0.717) is 6.04 Å². The Kier molecular flexibility index (Phi) is 6.68. The molecule has 1 atom stereocenters. The van der Waals surface area contributed by atoms with Crippen molar-refractivity contribution in [1.29, 1.82) is 0 Å². The van der Waals surface area contributed by atoms with E-state index in [0.717, 1.165) is 30.6 Å². The number of hydrogen-bond donors (Lipinski definition) is 1. The number of likely N-dealkylation sites (N-methyl/N-ethyl adjacent to an activating group) is 1. The highest BCUT2D eigenvalue weighted by Crippen LogP contribution is 2.34. The lowest BCUT2D eigenvalue weighted by Crippen LogP contribution is -2.40. The van der Waals surface area contributed by atoms with Gasteiger partial charge in [0, 0.05) is 19.5 Å². The van der Waals surface area contributed by atoms with Crippen molar-refractivity contribution in [3.05, 3.63) is 12.2 Å². The summed E-state index contributed by atoms with van der Waals surface area (Å²) in [5, 5.41) is 7.89. The largest absolute Gasteiger partial charge is 0.314 e. The van der Waals surface area contributed by atoms with Crippen LogP contribution in [0.2, 0.25) is 0 Å². The molecule has 1 aromatic rings. The van der Waals surface area contributed by atoms with Crippen molar-refractivity contribution >= 4 is 0 Å². The minimum Gasteiger partial charge on any atom is -0.314 e. The van der Waals surface area contributed by atoms with Gasteiger partial charge in [-0.2, -0.15) is 5.10 Å². The molecule has 0 aromatic carbocycles. The van der Waals surface area contributed by atoms with Gasteiger partial charge in [-0.1, -0.05) is 46.0 Å². The first-order chi connectivity index (χ1) is 10.2. The molecule has 0 radical (unpaired) electrons. The summed E-state index contributed by atoms with van der Waals surface area (Å²) in [4.78, 5) is 4.40. The molecule has 4 nitrogen and oxygen atoms in total. The van der Waals surface area contributed by atoms with Gasteiger partial charge in [0.25, 0.3) is 0 Å². The molecule has 120 valence electrons. The Labute approximate surface area is 129 Å². The van der Waals surface area contributed by atoms with Crippen LogP contribution in [0.1, 0.15) is 64.6 Å². The van der Waals surface area contributed by atoms with E-state index in [9.17, 15) is 0 Å². The van der Waals surface area contributed by atoms with E-state index in [1.807, 2.05) is 11.7 Å². The topological polar surface area (TPSA) is 42.7 Å². The Morgan fingerprint density at radius 3 is 2.62 bits per heavy atom. The molecular formula is C17H32N4. The summed E-state index contributed by atoms with van der Waals surface area (Å²) in [6, 6.07) is 0.560. The third kappa shape index (κ3) is 4.80. The first-order valence-electron chi connectivity index (χ1n) is 8.80. The quantitative estimate of drug-likeness (QED) is 0.799. The fourth-order valence-electron chi connectivity index (χ4n) is 3.74. The first-order valence-corrected chi connectivity index (χ1v) is 8.80. The fraction of sp³-hybridized carbons (Fsp3) is 0.882. The van der Waals surface area contributed by atoms with Crippen LogP contribution in [0.4, 0.5) is 0 Å². The van der Waals surface area contributed by atoms with Crippen LogP contribution in [0.3, 0.4) is 0 Å². The van der Waals surface area contributed by atoms with Crippen LogP contribution in [-0.4, -0.2) is 27.4 Å². The maximum atomic E-state index is 4.40. The molecule has 0 aliphatic heterocycles. The van der Waals surface area contributed by atoms with E-state index in [4.69, 9.17) is 0 Å². The zero-order valence-corrected chi connectivity index (χ0v) is 14.0. The fourth-order valence-corrected chi connectivity index (χ4v) is 3.74. The third-order valence-electron chi connectivity index (χ3n) is 5.10. The van der Waals surface area contributed by atoms with Gasteiger partial charge in [0.1, 0.15) is 12.2 Å². The van der Waals surface area contributed by atoms with Crippen LogP contribution in [0.25, 0.3) is 0 Å². The molecule has 1 fully saturated rings. The standard InChI is InChI=1S/C17H32N4/c1-4-6-7-14-8-10-15(11-9-14)16(18-5-2)12-17-19-13-20-21(17)3/h13-16,18H,4-12H2,1-3H3. The number of unbranched alkanes of at least 4 members (excludes halogenated alkanes) is 1. The Balaban J connectivity index is 1.86. The lowest BCUT2D eigenvalue weighted by atomic mass is 9.76. The van der Waals surface area contributed by atoms with Crippen molar-refractivity contribution in [2.75, 3.05) is 6.54 Å². The summed E-state index contributed by atoms with van der Waals surface area (Å²) in [5.74, 6) is 2.90. The maximum absolute atomic E-state index is 4.40. The van der Waals surface area contributed by atoms with Gasteiger partial charge < -0.3 is 5.32 Å². The van der Waals surface area contributed by atoms with E-state index in [1.165, 1.54) is 44.9 Å². The molecule has 1 N–H and O–H groups in total. The molecule has 0 saturated heterocycles. The summed E-state index contributed by atoms with van der Waals surface area (Å²) in [6.45, 7) is 5.54. The highest BCUT2D eigenvalue weighted by molar-refractivity contribution is 4.93. The van der Waals surface area contributed by atoms with Crippen LogP contribution >= 0.6 is 0 Å². The van der Waals surface area contributed by atoms with E-state index in [1.54, 1.807) is 6.33 Å². The summed E-state index contributed by atoms with van der Waals surface area (Å²) >= 11 is 0. The molecule has 2 rings (SSSR count). The smallest absolute Gasteiger partial charge is 0.138 e. The highest BCUT2D eigenvalue weighted by atomic mass is 15.3. The molecule has 1 heterocycles. The number of hydrogen-bond acceptors (Lipinski definition) is 3. The van der Waals surface area contributed by atoms with Crippen molar-refractivity contribution in [3.8, 4) is 0 Å².